The molecular weight excluding hydrogens is 330 g/mol. The SMILES string of the molecule is CCOc1ccc(Br)cc1C(N)Cc1cccc(OC)c1. The summed E-state index contributed by atoms with van der Waals surface area (Å²) in [6, 6.07) is 13.8. The van der Waals surface area contributed by atoms with Crippen molar-refractivity contribution >= 4 is 15.9 Å². The molecule has 0 aliphatic carbocycles. The number of hydrogen-bond acceptors (Lipinski definition) is 3. The van der Waals surface area contributed by atoms with Gasteiger partial charge in [-0.2, -0.15) is 0 Å². The number of benzene rings is 2. The zero-order valence-electron chi connectivity index (χ0n) is 12.3. The van der Waals surface area contributed by atoms with Crippen LogP contribution in [0.15, 0.2) is 46.9 Å². The summed E-state index contributed by atoms with van der Waals surface area (Å²) >= 11 is 3.49. The highest BCUT2D eigenvalue weighted by atomic mass is 79.9. The van der Waals surface area contributed by atoms with Crippen molar-refractivity contribution in [2.45, 2.75) is 19.4 Å². The zero-order chi connectivity index (χ0) is 15.2. The second-order valence-electron chi connectivity index (χ2n) is 4.78. The number of rotatable bonds is 6. The Balaban J connectivity index is 2.22. The lowest BCUT2D eigenvalue weighted by molar-refractivity contribution is 0.334. The standard InChI is InChI=1S/C17H20BrNO2/c1-3-21-17-8-7-13(18)11-15(17)16(19)10-12-5-4-6-14(9-12)20-2/h4-9,11,16H,3,10,19H2,1-2H3. The minimum absolute atomic E-state index is 0.129. The van der Waals surface area contributed by atoms with E-state index in [0.717, 1.165) is 33.5 Å². The van der Waals surface area contributed by atoms with Crippen molar-refractivity contribution in [3.8, 4) is 11.5 Å². The average molecular weight is 350 g/mol. The van der Waals surface area contributed by atoms with Crippen LogP contribution in [0.2, 0.25) is 0 Å². The molecule has 0 aromatic heterocycles. The first-order chi connectivity index (χ1) is 10.1. The van der Waals surface area contributed by atoms with Crippen molar-refractivity contribution in [1.82, 2.24) is 0 Å². The molecule has 2 aromatic rings. The first-order valence-electron chi connectivity index (χ1n) is 6.94. The maximum atomic E-state index is 6.38. The molecule has 0 fully saturated rings. The fraction of sp³-hybridized carbons (Fsp3) is 0.294. The third kappa shape index (κ3) is 4.22. The summed E-state index contributed by atoms with van der Waals surface area (Å²) in [5, 5.41) is 0. The van der Waals surface area contributed by atoms with Gasteiger partial charge in [0.1, 0.15) is 11.5 Å². The van der Waals surface area contributed by atoms with Gasteiger partial charge in [0.25, 0.3) is 0 Å². The summed E-state index contributed by atoms with van der Waals surface area (Å²) in [5.41, 5.74) is 8.53. The summed E-state index contributed by atoms with van der Waals surface area (Å²) in [5.74, 6) is 1.69. The van der Waals surface area contributed by atoms with Gasteiger partial charge >= 0.3 is 0 Å². The molecule has 0 aliphatic heterocycles. The molecule has 1 atom stereocenters. The quantitative estimate of drug-likeness (QED) is 0.853. The molecule has 0 spiro atoms. The van der Waals surface area contributed by atoms with E-state index >= 15 is 0 Å². The Kier molecular flexibility index (Phi) is 5.65. The number of ether oxygens (including phenoxy) is 2. The van der Waals surface area contributed by atoms with Crippen LogP contribution in [0.3, 0.4) is 0 Å². The molecule has 0 radical (unpaired) electrons. The smallest absolute Gasteiger partial charge is 0.124 e. The van der Waals surface area contributed by atoms with E-state index < -0.39 is 0 Å². The lowest BCUT2D eigenvalue weighted by Crippen LogP contribution is -2.15. The molecule has 2 aromatic carbocycles. The first-order valence-corrected chi connectivity index (χ1v) is 7.74. The monoisotopic (exact) mass is 349 g/mol. The van der Waals surface area contributed by atoms with Crippen molar-refractivity contribution in [1.29, 1.82) is 0 Å². The average Bonchev–Trinajstić information content (AvgIpc) is 2.49. The van der Waals surface area contributed by atoms with Crippen molar-refractivity contribution in [3.63, 3.8) is 0 Å². The maximum Gasteiger partial charge on any atom is 0.124 e. The maximum absolute atomic E-state index is 6.38. The number of hydrogen-bond donors (Lipinski definition) is 1. The van der Waals surface area contributed by atoms with Crippen molar-refractivity contribution in [3.05, 3.63) is 58.1 Å². The van der Waals surface area contributed by atoms with Crippen LogP contribution in [0.4, 0.5) is 0 Å². The Bertz CT molecular complexity index is 601. The largest absolute Gasteiger partial charge is 0.497 e. The Hall–Kier alpha value is -1.52. The zero-order valence-corrected chi connectivity index (χ0v) is 13.9. The van der Waals surface area contributed by atoms with Crippen molar-refractivity contribution < 1.29 is 9.47 Å². The van der Waals surface area contributed by atoms with E-state index in [1.54, 1.807) is 7.11 Å². The minimum atomic E-state index is -0.129. The Labute approximate surface area is 134 Å². The predicted octanol–water partition coefficient (Wildman–Crippen LogP) is 4.10. The van der Waals surface area contributed by atoms with Crippen LogP contribution in [0, 0.1) is 0 Å². The summed E-state index contributed by atoms with van der Waals surface area (Å²) in [6.07, 6.45) is 0.730. The van der Waals surface area contributed by atoms with Crippen LogP contribution in [0.25, 0.3) is 0 Å². The fourth-order valence-electron chi connectivity index (χ4n) is 2.26. The van der Waals surface area contributed by atoms with Crippen LogP contribution in [-0.2, 0) is 6.42 Å². The van der Waals surface area contributed by atoms with Gasteiger partial charge < -0.3 is 15.2 Å². The minimum Gasteiger partial charge on any atom is -0.497 e. The third-order valence-corrected chi connectivity index (χ3v) is 3.75. The molecule has 2 rings (SSSR count). The molecule has 0 amide bonds. The molecule has 0 heterocycles. The van der Waals surface area contributed by atoms with Crippen LogP contribution in [0.1, 0.15) is 24.1 Å². The normalized spacial score (nSPS) is 12.0. The Morgan fingerprint density at radius 2 is 2.00 bits per heavy atom. The highest BCUT2D eigenvalue weighted by Crippen LogP contribution is 2.30. The molecule has 4 heteroatoms. The number of nitrogens with two attached hydrogens (primary N) is 1. The summed E-state index contributed by atoms with van der Waals surface area (Å²) in [7, 11) is 1.67. The van der Waals surface area contributed by atoms with Gasteiger partial charge in [0.2, 0.25) is 0 Å². The molecule has 0 saturated carbocycles. The van der Waals surface area contributed by atoms with Gasteiger partial charge in [-0.15, -0.1) is 0 Å². The number of halogens is 1. The summed E-state index contributed by atoms with van der Waals surface area (Å²) in [6.45, 7) is 2.60. The van der Waals surface area contributed by atoms with E-state index in [9.17, 15) is 0 Å². The van der Waals surface area contributed by atoms with E-state index in [2.05, 4.69) is 22.0 Å². The van der Waals surface area contributed by atoms with Gasteiger partial charge in [-0.3, -0.25) is 0 Å². The Morgan fingerprint density at radius 1 is 1.19 bits per heavy atom. The van der Waals surface area contributed by atoms with E-state index in [0.29, 0.717) is 6.61 Å². The lowest BCUT2D eigenvalue weighted by atomic mass is 9.99. The second-order valence-corrected chi connectivity index (χ2v) is 5.69. The molecule has 0 aliphatic rings. The molecule has 0 bridgehead atoms. The molecule has 1 unspecified atom stereocenters. The van der Waals surface area contributed by atoms with Gasteiger partial charge in [0.15, 0.2) is 0 Å². The van der Waals surface area contributed by atoms with E-state index in [4.69, 9.17) is 15.2 Å². The molecule has 0 saturated heterocycles. The lowest BCUT2D eigenvalue weighted by Gasteiger charge is -2.17. The summed E-state index contributed by atoms with van der Waals surface area (Å²) in [4.78, 5) is 0. The fourth-order valence-corrected chi connectivity index (χ4v) is 2.64. The van der Waals surface area contributed by atoms with Crippen LogP contribution in [0.5, 0.6) is 11.5 Å². The van der Waals surface area contributed by atoms with Crippen LogP contribution in [-0.4, -0.2) is 13.7 Å². The van der Waals surface area contributed by atoms with Crippen molar-refractivity contribution in [2.75, 3.05) is 13.7 Å². The van der Waals surface area contributed by atoms with Gasteiger partial charge in [0.05, 0.1) is 13.7 Å². The molecule has 112 valence electrons. The van der Waals surface area contributed by atoms with Crippen molar-refractivity contribution in [2.24, 2.45) is 5.73 Å². The summed E-state index contributed by atoms with van der Waals surface area (Å²) < 4.78 is 11.9. The van der Waals surface area contributed by atoms with Gasteiger partial charge in [0, 0.05) is 16.1 Å². The van der Waals surface area contributed by atoms with Gasteiger partial charge in [-0.1, -0.05) is 28.1 Å². The molecular formula is C17H20BrNO2. The second kappa shape index (κ2) is 7.48. The Morgan fingerprint density at radius 3 is 2.71 bits per heavy atom. The topological polar surface area (TPSA) is 44.5 Å². The molecule has 21 heavy (non-hydrogen) atoms. The third-order valence-electron chi connectivity index (χ3n) is 3.26. The van der Waals surface area contributed by atoms with Gasteiger partial charge in [-0.25, -0.2) is 0 Å². The van der Waals surface area contributed by atoms with E-state index in [1.807, 2.05) is 43.3 Å². The van der Waals surface area contributed by atoms with E-state index in [1.165, 1.54) is 0 Å². The predicted molar refractivity (Wildman–Crippen MR) is 88.9 cm³/mol. The highest BCUT2D eigenvalue weighted by molar-refractivity contribution is 9.10. The van der Waals surface area contributed by atoms with Crippen LogP contribution >= 0.6 is 15.9 Å². The molecule has 3 nitrogen and oxygen atoms in total. The van der Waals surface area contributed by atoms with Crippen LogP contribution < -0.4 is 15.2 Å². The van der Waals surface area contributed by atoms with E-state index in [-0.39, 0.29) is 6.04 Å². The molecule has 2 N–H and O–H groups in total. The first kappa shape index (κ1) is 15.9. The number of methoxy groups -OCH3 is 1. The van der Waals surface area contributed by atoms with Gasteiger partial charge in [-0.05, 0) is 49.2 Å². The highest BCUT2D eigenvalue weighted by Gasteiger charge is 2.14.